The number of aromatic hydroxyl groups is 1. The first-order chi connectivity index (χ1) is 8.40. The van der Waals surface area contributed by atoms with Crippen LogP contribution < -0.4 is 5.73 Å². The maximum atomic E-state index is 12.1. The second-order valence-electron chi connectivity index (χ2n) is 4.09. The molecule has 0 aliphatic rings. The molecule has 0 unspecified atom stereocenters. The lowest BCUT2D eigenvalue weighted by atomic mass is 10.1. The molecule has 0 aliphatic carbocycles. The van der Waals surface area contributed by atoms with Gasteiger partial charge in [-0.3, -0.25) is 4.79 Å². The van der Waals surface area contributed by atoms with Crippen LogP contribution in [0.25, 0.3) is 0 Å². The van der Waals surface area contributed by atoms with E-state index in [1.807, 2.05) is 0 Å². The van der Waals surface area contributed by atoms with Crippen molar-refractivity contribution in [3.05, 3.63) is 29.8 Å². The van der Waals surface area contributed by atoms with E-state index in [4.69, 9.17) is 10.8 Å². The Balaban J connectivity index is 2.56. The molecule has 0 spiro atoms. The quantitative estimate of drug-likeness (QED) is 0.827. The van der Waals surface area contributed by atoms with Gasteiger partial charge in [0.05, 0.1) is 12.6 Å². The number of carbonyl (C=O) groups excluding carboxylic acids is 1. The van der Waals surface area contributed by atoms with E-state index in [0.29, 0.717) is 0 Å². The minimum absolute atomic E-state index is 0.119. The summed E-state index contributed by atoms with van der Waals surface area (Å²) in [5.74, 6) is -0.406. The lowest BCUT2D eigenvalue weighted by Gasteiger charge is -2.20. The third-order valence-electron chi connectivity index (χ3n) is 2.50. The van der Waals surface area contributed by atoms with E-state index in [0.717, 1.165) is 10.5 Å². The molecule has 0 saturated heterocycles. The molecular formula is C12H16F2N2O2. The first kappa shape index (κ1) is 14.4. The first-order valence-corrected chi connectivity index (χ1v) is 5.46. The van der Waals surface area contributed by atoms with Gasteiger partial charge in [-0.05, 0) is 24.1 Å². The molecule has 3 N–H and O–H groups in total. The third-order valence-corrected chi connectivity index (χ3v) is 2.50. The number of rotatable bonds is 5. The molecular weight excluding hydrogens is 242 g/mol. The van der Waals surface area contributed by atoms with Gasteiger partial charge >= 0.3 is 0 Å². The SMILES string of the molecule is CN(CC(F)F)C(=O)[C@H](N)Cc1ccc(O)cc1. The van der Waals surface area contributed by atoms with Crippen molar-refractivity contribution in [2.24, 2.45) is 5.73 Å². The van der Waals surface area contributed by atoms with E-state index in [-0.39, 0.29) is 12.2 Å². The molecule has 6 heteroatoms. The topological polar surface area (TPSA) is 66.6 Å². The fraction of sp³-hybridized carbons (Fsp3) is 0.417. The Hall–Kier alpha value is -1.69. The molecule has 1 atom stereocenters. The zero-order valence-electron chi connectivity index (χ0n) is 10.0. The molecule has 18 heavy (non-hydrogen) atoms. The maximum Gasteiger partial charge on any atom is 0.255 e. The van der Waals surface area contributed by atoms with Gasteiger partial charge in [0.1, 0.15) is 5.75 Å². The minimum atomic E-state index is -2.57. The van der Waals surface area contributed by atoms with Crippen LogP contribution in [0.2, 0.25) is 0 Å². The number of halogens is 2. The number of hydrogen-bond acceptors (Lipinski definition) is 3. The summed E-state index contributed by atoms with van der Waals surface area (Å²) < 4.78 is 24.2. The molecule has 4 nitrogen and oxygen atoms in total. The predicted molar refractivity (Wildman–Crippen MR) is 63.4 cm³/mol. The Morgan fingerprint density at radius 2 is 1.94 bits per heavy atom. The van der Waals surface area contributed by atoms with Gasteiger partial charge in [0.15, 0.2) is 0 Å². The highest BCUT2D eigenvalue weighted by Crippen LogP contribution is 2.11. The third kappa shape index (κ3) is 4.29. The highest BCUT2D eigenvalue weighted by molar-refractivity contribution is 5.81. The highest BCUT2D eigenvalue weighted by atomic mass is 19.3. The molecule has 1 amide bonds. The molecule has 1 aromatic carbocycles. The van der Waals surface area contributed by atoms with Crippen LogP contribution in [-0.2, 0) is 11.2 Å². The lowest BCUT2D eigenvalue weighted by molar-refractivity contribution is -0.132. The number of benzene rings is 1. The van der Waals surface area contributed by atoms with Crippen LogP contribution in [0, 0.1) is 0 Å². The van der Waals surface area contributed by atoms with Crippen molar-refractivity contribution >= 4 is 5.91 Å². The van der Waals surface area contributed by atoms with Crippen LogP contribution in [-0.4, -0.2) is 42.0 Å². The van der Waals surface area contributed by atoms with Gasteiger partial charge in [-0.1, -0.05) is 12.1 Å². The number of phenols is 1. The van der Waals surface area contributed by atoms with Crippen LogP contribution >= 0.6 is 0 Å². The molecule has 0 radical (unpaired) electrons. The maximum absolute atomic E-state index is 12.1. The second kappa shape index (κ2) is 6.30. The summed E-state index contributed by atoms with van der Waals surface area (Å²) in [5, 5.41) is 9.10. The Bertz CT molecular complexity index is 396. The average Bonchev–Trinajstić information content (AvgIpc) is 2.30. The van der Waals surface area contributed by atoms with Crippen molar-refractivity contribution in [3.63, 3.8) is 0 Å². The second-order valence-corrected chi connectivity index (χ2v) is 4.09. The Morgan fingerprint density at radius 3 is 2.44 bits per heavy atom. The van der Waals surface area contributed by atoms with Crippen molar-refractivity contribution in [1.29, 1.82) is 0 Å². The number of nitrogens with two attached hydrogens (primary N) is 1. The van der Waals surface area contributed by atoms with E-state index < -0.39 is 24.9 Å². The van der Waals surface area contributed by atoms with E-state index in [1.165, 1.54) is 19.2 Å². The molecule has 0 aliphatic heterocycles. The predicted octanol–water partition coefficient (Wildman–Crippen LogP) is 0.985. The molecule has 0 aromatic heterocycles. The molecule has 100 valence electrons. The standard InChI is InChI=1S/C12H16F2N2O2/c1-16(7-11(13)14)12(18)10(15)6-8-2-4-9(17)5-3-8/h2-5,10-11,17H,6-7,15H2,1H3/t10-/m1/s1. The van der Waals surface area contributed by atoms with Gasteiger partial charge in [-0.2, -0.15) is 0 Å². The van der Waals surface area contributed by atoms with Crippen LogP contribution in [0.3, 0.4) is 0 Å². The number of hydrogen-bond donors (Lipinski definition) is 2. The zero-order chi connectivity index (χ0) is 13.7. The van der Waals surface area contributed by atoms with E-state index in [2.05, 4.69) is 0 Å². The van der Waals surface area contributed by atoms with Crippen molar-refractivity contribution < 1.29 is 18.7 Å². The van der Waals surface area contributed by atoms with Crippen molar-refractivity contribution in [1.82, 2.24) is 4.90 Å². The van der Waals surface area contributed by atoms with Gasteiger partial charge in [0, 0.05) is 7.05 Å². The Labute approximate surface area is 104 Å². The Kier molecular flexibility index (Phi) is 5.03. The van der Waals surface area contributed by atoms with Crippen LogP contribution in [0.1, 0.15) is 5.56 Å². The fourth-order valence-electron chi connectivity index (χ4n) is 1.55. The summed E-state index contributed by atoms with van der Waals surface area (Å²) in [4.78, 5) is 12.6. The smallest absolute Gasteiger partial charge is 0.255 e. The zero-order valence-corrected chi connectivity index (χ0v) is 10.0. The van der Waals surface area contributed by atoms with Gasteiger partial charge in [0.25, 0.3) is 6.43 Å². The van der Waals surface area contributed by atoms with Crippen LogP contribution in [0.15, 0.2) is 24.3 Å². The molecule has 1 rings (SSSR count). The van der Waals surface area contributed by atoms with Crippen LogP contribution in [0.5, 0.6) is 5.75 Å². The number of likely N-dealkylation sites (N-methyl/N-ethyl adjacent to an activating group) is 1. The molecule has 0 fully saturated rings. The number of phenolic OH excluding ortho intramolecular Hbond substituents is 1. The van der Waals surface area contributed by atoms with Gasteiger partial charge in [0.2, 0.25) is 5.91 Å². The summed E-state index contributed by atoms with van der Waals surface area (Å²) >= 11 is 0. The number of nitrogens with zero attached hydrogens (tertiary/aromatic N) is 1. The normalized spacial score (nSPS) is 12.5. The average molecular weight is 258 g/mol. The van der Waals surface area contributed by atoms with Gasteiger partial charge in [-0.25, -0.2) is 8.78 Å². The van der Waals surface area contributed by atoms with E-state index >= 15 is 0 Å². The monoisotopic (exact) mass is 258 g/mol. The Morgan fingerprint density at radius 1 is 1.39 bits per heavy atom. The molecule has 1 aromatic rings. The van der Waals surface area contributed by atoms with E-state index in [9.17, 15) is 13.6 Å². The lowest BCUT2D eigenvalue weighted by Crippen LogP contribution is -2.44. The van der Waals surface area contributed by atoms with Crippen molar-refractivity contribution in [2.75, 3.05) is 13.6 Å². The van der Waals surface area contributed by atoms with Crippen molar-refractivity contribution in [2.45, 2.75) is 18.9 Å². The van der Waals surface area contributed by atoms with Crippen LogP contribution in [0.4, 0.5) is 8.78 Å². The van der Waals surface area contributed by atoms with Crippen molar-refractivity contribution in [3.8, 4) is 5.75 Å². The van der Waals surface area contributed by atoms with Gasteiger partial charge in [-0.15, -0.1) is 0 Å². The van der Waals surface area contributed by atoms with E-state index in [1.54, 1.807) is 12.1 Å². The number of amides is 1. The number of alkyl halides is 2. The first-order valence-electron chi connectivity index (χ1n) is 5.46. The largest absolute Gasteiger partial charge is 0.508 e. The summed E-state index contributed by atoms with van der Waals surface area (Å²) in [6.07, 6.45) is -2.33. The summed E-state index contributed by atoms with van der Waals surface area (Å²) in [5.41, 5.74) is 6.43. The fourth-order valence-corrected chi connectivity index (χ4v) is 1.55. The molecule has 0 bridgehead atoms. The highest BCUT2D eigenvalue weighted by Gasteiger charge is 2.20. The summed E-state index contributed by atoms with van der Waals surface area (Å²) in [6.45, 7) is -0.623. The number of carbonyl (C=O) groups is 1. The molecule has 0 heterocycles. The summed E-state index contributed by atoms with van der Waals surface area (Å²) in [6, 6.07) is 5.37. The minimum Gasteiger partial charge on any atom is -0.508 e. The summed E-state index contributed by atoms with van der Waals surface area (Å²) in [7, 11) is 1.30. The molecule has 0 saturated carbocycles. The van der Waals surface area contributed by atoms with Gasteiger partial charge < -0.3 is 15.7 Å².